The maximum atomic E-state index is 6.58. The summed E-state index contributed by atoms with van der Waals surface area (Å²) in [6.45, 7) is 2.66. The van der Waals surface area contributed by atoms with Crippen LogP contribution in [0.3, 0.4) is 0 Å². The molecule has 0 bridgehead atoms. The number of alkyl halides is 1. The number of ether oxygens (including phenoxy) is 2. The fourth-order valence-electron chi connectivity index (χ4n) is 2.55. The van der Waals surface area contributed by atoms with Crippen LogP contribution in [-0.4, -0.2) is 12.7 Å². The lowest BCUT2D eigenvalue weighted by Crippen LogP contribution is -2.32. The first-order chi connectivity index (χ1) is 10.3. The second-order valence-electron chi connectivity index (χ2n) is 5.31. The Kier molecular flexibility index (Phi) is 4.35. The number of halogens is 1. The van der Waals surface area contributed by atoms with Gasteiger partial charge in [0.05, 0.1) is 5.38 Å². The Morgan fingerprint density at radius 1 is 1.10 bits per heavy atom. The maximum absolute atomic E-state index is 6.58. The van der Waals surface area contributed by atoms with Crippen LogP contribution < -0.4 is 9.47 Å². The molecule has 2 aromatic rings. The predicted molar refractivity (Wildman–Crippen MR) is 85.4 cm³/mol. The van der Waals surface area contributed by atoms with Gasteiger partial charge in [0.1, 0.15) is 6.61 Å². The Morgan fingerprint density at radius 2 is 1.81 bits per heavy atom. The Hall–Kier alpha value is -1.67. The summed E-state index contributed by atoms with van der Waals surface area (Å²) in [5.41, 5.74) is 2.42. The van der Waals surface area contributed by atoms with Crippen LogP contribution in [0.15, 0.2) is 48.5 Å². The van der Waals surface area contributed by atoms with Crippen molar-refractivity contribution in [2.24, 2.45) is 0 Å². The van der Waals surface area contributed by atoms with Crippen molar-refractivity contribution in [3.8, 4) is 11.5 Å². The summed E-state index contributed by atoms with van der Waals surface area (Å²) in [5, 5.41) is -0.214. The molecule has 0 fully saturated rings. The van der Waals surface area contributed by atoms with Crippen molar-refractivity contribution in [1.29, 1.82) is 0 Å². The average molecular weight is 303 g/mol. The first kappa shape index (κ1) is 14.3. The van der Waals surface area contributed by atoms with Crippen molar-refractivity contribution in [3.63, 3.8) is 0 Å². The average Bonchev–Trinajstić information content (AvgIpc) is 2.55. The molecule has 2 atom stereocenters. The maximum Gasteiger partial charge on any atom is 0.161 e. The van der Waals surface area contributed by atoms with Gasteiger partial charge in [0, 0.05) is 0 Å². The van der Waals surface area contributed by atoms with E-state index in [9.17, 15) is 0 Å². The number of benzene rings is 2. The second-order valence-corrected chi connectivity index (χ2v) is 5.78. The molecule has 0 aliphatic carbocycles. The van der Waals surface area contributed by atoms with Crippen LogP contribution in [-0.2, 0) is 6.42 Å². The molecule has 2 nitrogen and oxygen atoms in total. The van der Waals surface area contributed by atoms with Gasteiger partial charge in [-0.05, 0) is 29.7 Å². The van der Waals surface area contributed by atoms with E-state index in [1.165, 1.54) is 5.56 Å². The summed E-state index contributed by atoms with van der Waals surface area (Å²) in [6, 6.07) is 16.2. The molecule has 1 heterocycles. The molecule has 0 spiro atoms. The minimum atomic E-state index is -0.214. The summed E-state index contributed by atoms with van der Waals surface area (Å²) in [7, 11) is 0. The standard InChI is InChI=1S/C18H19ClO2/c1-2-5-13-8-10-14(11-9-13)18(19)17-12-20-15-6-3-4-7-16(15)21-17/h3-4,6-11,17-18H,2,5,12H2,1H3. The third-order valence-electron chi connectivity index (χ3n) is 3.69. The minimum absolute atomic E-state index is 0.168. The first-order valence-corrected chi connectivity index (χ1v) is 7.83. The van der Waals surface area contributed by atoms with Crippen molar-refractivity contribution >= 4 is 11.6 Å². The van der Waals surface area contributed by atoms with E-state index in [4.69, 9.17) is 21.1 Å². The Bertz CT molecular complexity index is 594. The monoisotopic (exact) mass is 302 g/mol. The van der Waals surface area contributed by atoms with E-state index in [2.05, 4.69) is 31.2 Å². The first-order valence-electron chi connectivity index (χ1n) is 7.39. The number of hydrogen-bond donors (Lipinski definition) is 0. The normalized spacial score (nSPS) is 18.3. The fourth-order valence-corrected chi connectivity index (χ4v) is 2.82. The molecule has 1 aliphatic rings. The molecule has 0 saturated carbocycles. The van der Waals surface area contributed by atoms with Gasteiger partial charge < -0.3 is 9.47 Å². The van der Waals surface area contributed by atoms with Gasteiger partial charge in [-0.25, -0.2) is 0 Å². The predicted octanol–water partition coefficient (Wildman–Crippen LogP) is 4.76. The van der Waals surface area contributed by atoms with Gasteiger partial charge in [0.2, 0.25) is 0 Å². The zero-order chi connectivity index (χ0) is 14.7. The molecular formula is C18H19ClO2. The number of para-hydroxylation sites is 2. The smallest absolute Gasteiger partial charge is 0.161 e. The summed E-state index contributed by atoms with van der Waals surface area (Å²) < 4.78 is 11.7. The van der Waals surface area contributed by atoms with Crippen LogP contribution in [0.2, 0.25) is 0 Å². The van der Waals surface area contributed by atoms with E-state index in [-0.39, 0.29) is 11.5 Å². The van der Waals surface area contributed by atoms with E-state index in [0.717, 1.165) is 29.9 Å². The highest BCUT2D eigenvalue weighted by Crippen LogP contribution is 2.36. The summed E-state index contributed by atoms with van der Waals surface area (Å²) in [6.07, 6.45) is 2.09. The zero-order valence-corrected chi connectivity index (χ0v) is 12.8. The Labute approximate surface area is 130 Å². The molecule has 0 N–H and O–H groups in total. The van der Waals surface area contributed by atoms with E-state index >= 15 is 0 Å². The molecule has 3 rings (SSSR count). The largest absolute Gasteiger partial charge is 0.486 e. The van der Waals surface area contributed by atoms with Crippen molar-refractivity contribution < 1.29 is 9.47 Å². The highest BCUT2D eigenvalue weighted by molar-refractivity contribution is 6.21. The van der Waals surface area contributed by atoms with Gasteiger partial charge in [-0.1, -0.05) is 49.7 Å². The van der Waals surface area contributed by atoms with Gasteiger partial charge >= 0.3 is 0 Å². The van der Waals surface area contributed by atoms with Crippen LogP contribution >= 0.6 is 11.6 Å². The quantitative estimate of drug-likeness (QED) is 0.758. The molecule has 1 aliphatic heterocycles. The van der Waals surface area contributed by atoms with Crippen molar-refractivity contribution in [1.82, 2.24) is 0 Å². The zero-order valence-electron chi connectivity index (χ0n) is 12.1. The van der Waals surface area contributed by atoms with Crippen LogP contribution in [0.4, 0.5) is 0 Å². The number of rotatable bonds is 4. The third kappa shape index (κ3) is 3.16. The highest BCUT2D eigenvalue weighted by atomic mass is 35.5. The number of aryl methyl sites for hydroxylation is 1. The third-order valence-corrected chi connectivity index (χ3v) is 4.23. The molecule has 3 heteroatoms. The molecular weight excluding hydrogens is 284 g/mol. The molecule has 2 aromatic carbocycles. The molecule has 0 radical (unpaired) electrons. The number of hydrogen-bond acceptors (Lipinski definition) is 2. The molecule has 110 valence electrons. The molecule has 2 unspecified atom stereocenters. The molecule has 21 heavy (non-hydrogen) atoms. The number of fused-ring (bicyclic) bond motifs is 1. The lowest BCUT2D eigenvalue weighted by Gasteiger charge is -2.29. The topological polar surface area (TPSA) is 18.5 Å². The van der Waals surface area contributed by atoms with Gasteiger partial charge in [-0.3, -0.25) is 0 Å². The minimum Gasteiger partial charge on any atom is -0.486 e. The van der Waals surface area contributed by atoms with E-state index < -0.39 is 0 Å². The highest BCUT2D eigenvalue weighted by Gasteiger charge is 2.28. The van der Waals surface area contributed by atoms with Crippen LogP contribution in [0.1, 0.15) is 29.8 Å². The van der Waals surface area contributed by atoms with Crippen molar-refractivity contribution in [3.05, 3.63) is 59.7 Å². The van der Waals surface area contributed by atoms with Gasteiger partial charge in [-0.15, -0.1) is 11.6 Å². The summed E-state index contributed by atoms with van der Waals surface area (Å²) in [5.74, 6) is 1.55. The van der Waals surface area contributed by atoms with E-state index in [1.807, 2.05) is 24.3 Å². The van der Waals surface area contributed by atoms with Gasteiger partial charge in [-0.2, -0.15) is 0 Å². The molecule has 0 aromatic heterocycles. The second kappa shape index (κ2) is 6.40. The van der Waals surface area contributed by atoms with Crippen LogP contribution in [0.5, 0.6) is 11.5 Å². The Balaban J connectivity index is 1.72. The van der Waals surface area contributed by atoms with Crippen molar-refractivity contribution in [2.75, 3.05) is 6.61 Å². The van der Waals surface area contributed by atoms with E-state index in [1.54, 1.807) is 0 Å². The van der Waals surface area contributed by atoms with Gasteiger partial charge in [0.25, 0.3) is 0 Å². The summed E-state index contributed by atoms with van der Waals surface area (Å²) >= 11 is 6.58. The molecule has 0 saturated heterocycles. The van der Waals surface area contributed by atoms with E-state index in [0.29, 0.717) is 6.61 Å². The lowest BCUT2D eigenvalue weighted by molar-refractivity contribution is 0.0877. The van der Waals surface area contributed by atoms with Crippen LogP contribution in [0.25, 0.3) is 0 Å². The SMILES string of the molecule is CCCc1ccc(C(Cl)C2COc3ccccc3O2)cc1. The lowest BCUT2D eigenvalue weighted by atomic mass is 10.0. The van der Waals surface area contributed by atoms with Gasteiger partial charge in [0.15, 0.2) is 17.6 Å². The summed E-state index contributed by atoms with van der Waals surface area (Å²) in [4.78, 5) is 0. The Morgan fingerprint density at radius 3 is 2.52 bits per heavy atom. The van der Waals surface area contributed by atoms with Crippen LogP contribution in [0, 0.1) is 0 Å². The fraction of sp³-hybridized carbons (Fsp3) is 0.333. The van der Waals surface area contributed by atoms with Crippen molar-refractivity contribution in [2.45, 2.75) is 31.2 Å². The molecule has 0 amide bonds.